The first-order valence-corrected chi connectivity index (χ1v) is 12.1. The van der Waals surface area contributed by atoms with Crippen LogP contribution in [0.3, 0.4) is 0 Å². The minimum absolute atomic E-state index is 0.140. The molecule has 2 heterocycles. The highest BCUT2D eigenvalue weighted by Gasteiger charge is 2.15. The Morgan fingerprint density at radius 2 is 1.97 bits per heavy atom. The normalized spacial score (nSPS) is 10.7. The summed E-state index contributed by atoms with van der Waals surface area (Å²) >= 11 is 2.75. The van der Waals surface area contributed by atoms with Gasteiger partial charge in [-0.3, -0.25) is 4.79 Å². The molecule has 1 amide bonds. The van der Waals surface area contributed by atoms with Crippen LogP contribution in [0.15, 0.2) is 77.8 Å². The molecule has 2 aromatic carbocycles. The second-order valence-corrected chi connectivity index (χ2v) is 8.86. The van der Waals surface area contributed by atoms with Gasteiger partial charge in [0, 0.05) is 23.9 Å². The number of hydrogen-bond donors (Lipinski definition) is 1. The van der Waals surface area contributed by atoms with Crippen molar-refractivity contribution in [2.24, 2.45) is 0 Å². The summed E-state index contributed by atoms with van der Waals surface area (Å²) in [5, 5.41) is 14.7. The first-order valence-electron chi connectivity index (χ1n) is 10.3. The van der Waals surface area contributed by atoms with E-state index in [-0.39, 0.29) is 11.7 Å². The number of methoxy groups -OCH3 is 1. The van der Waals surface area contributed by atoms with Crippen molar-refractivity contribution < 1.29 is 9.53 Å². The zero-order chi connectivity index (χ0) is 23.0. The molecule has 0 fully saturated rings. The minimum Gasteiger partial charge on any atom is -0.497 e. The Hall–Kier alpha value is -3.43. The van der Waals surface area contributed by atoms with Crippen LogP contribution in [-0.2, 0) is 17.8 Å². The fraction of sp³-hybridized carbons (Fsp3) is 0.167. The van der Waals surface area contributed by atoms with E-state index in [4.69, 9.17) is 4.74 Å². The maximum atomic E-state index is 12.5. The molecular weight excluding hydrogens is 454 g/mol. The third kappa shape index (κ3) is 5.88. The van der Waals surface area contributed by atoms with Gasteiger partial charge in [0.05, 0.1) is 18.6 Å². The van der Waals surface area contributed by atoms with E-state index in [0.29, 0.717) is 23.3 Å². The number of thiazole rings is 1. The largest absolute Gasteiger partial charge is 0.497 e. The van der Waals surface area contributed by atoms with Crippen LogP contribution < -0.4 is 10.1 Å². The van der Waals surface area contributed by atoms with Crippen molar-refractivity contribution in [3.8, 4) is 17.0 Å². The molecular formula is C24H23N5O2S2. The summed E-state index contributed by atoms with van der Waals surface area (Å²) < 4.78 is 7.19. The highest BCUT2D eigenvalue weighted by Crippen LogP contribution is 2.25. The van der Waals surface area contributed by atoms with Gasteiger partial charge in [-0.1, -0.05) is 60.3 Å². The molecule has 0 bridgehead atoms. The van der Waals surface area contributed by atoms with Gasteiger partial charge in [0.2, 0.25) is 5.91 Å². The Kier molecular flexibility index (Phi) is 7.54. The third-order valence-electron chi connectivity index (χ3n) is 4.78. The quantitative estimate of drug-likeness (QED) is 0.258. The summed E-state index contributed by atoms with van der Waals surface area (Å²) in [4.78, 5) is 17.0. The number of carbonyl (C=O) groups excluding carboxylic acids is 1. The summed E-state index contributed by atoms with van der Waals surface area (Å²) in [6, 6.07) is 17.7. The van der Waals surface area contributed by atoms with E-state index in [1.165, 1.54) is 23.1 Å². The van der Waals surface area contributed by atoms with Gasteiger partial charge in [0.15, 0.2) is 10.3 Å². The van der Waals surface area contributed by atoms with Crippen molar-refractivity contribution >= 4 is 34.1 Å². The van der Waals surface area contributed by atoms with Gasteiger partial charge < -0.3 is 14.6 Å². The fourth-order valence-corrected chi connectivity index (χ4v) is 4.66. The number of hydrogen-bond acceptors (Lipinski definition) is 7. The molecule has 0 spiro atoms. The maximum Gasteiger partial charge on any atom is 0.236 e. The molecule has 4 rings (SSSR count). The van der Waals surface area contributed by atoms with Gasteiger partial charge >= 0.3 is 0 Å². The second-order valence-electron chi connectivity index (χ2n) is 7.06. The van der Waals surface area contributed by atoms with Gasteiger partial charge in [-0.25, -0.2) is 4.98 Å². The van der Waals surface area contributed by atoms with E-state index in [9.17, 15) is 4.79 Å². The molecule has 0 saturated carbocycles. The fourth-order valence-electron chi connectivity index (χ4n) is 3.15. The number of anilines is 1. The van der Waals surface area contributed by atoms with Crippen LogP contribution in [0.4, 0.5) is 5.13 Å². The average molecular weight is 478 g/mol. The molecule has 0 aliphatic heterocycles. The molecule has 0 aliphatic rings. The van der Waals surface area contributed by atoms with Crippen molar-refractivity contribution in [3.05, 3.63) is 84.0 Å². The summed E-state index contributed by atoms with van der Waals surface area (Å²) in [6.45, 7) is 4.40. The standard InChI is InChI=1S/C24H23N5O2S2/c1-3-13-29-21(14-17-9-11-19(31-2)12-10-17)27-28-24(29)33-16-22(30)26-23-25-20(15-32-23)18-7-5-4-6-8-18/h3-12,15H,1,13-14,16H2,2H3,(H,25,26,30). The molecule has 168 valence electrons. The summed E-state index contributed by atoms with van der Waals surface area (Å²) in [5.41, 5.74) is 2.96. The van der Waals surface area contributed by atoms with Crippen molar-refractivity contribution in [3.63, 3.8) is 0 Å². The Morgan fingerprint density at radius 1 is 1.18 bits per heavy atom. The number of nitrogens with zero attached hydrogens (tertiary/aromatic N) is 4. The van der Waals surface area contributed by atoms with Crippen LogP contribution in [0.25, 0.3) is 11.3 Å². The third-order valence-corrected chi connectivity index (χ3v) is 6.50. The zero-order valence-corrected chi connectivity index (χ0v) is 19.7. The van der Waals surface area contributed by atoms with Gasteiger partial charge in [-0.2, -0.15) is 0 Å². The highest BCUT2D eigenvalue weighted by molar-refractivity contribution is 7.99. The number of thioether (sulfide) groups is 1. The number of amides is 1. The minimum atomic E-state index is -0.140. The van der Waals surface area contributed by atoms with E-state index in [1.807, 2.05) is 64.5 Å². The van der Waals surface area contributed by atoms with E-state index in [0.717, 1.165) is 28.4 Å². The van der Waals surface area contributed by atoms with Crippen molar-refractivity contribution in [2.45, 2.75) is 18.1 Å². The molecule has 2 aromatic heterocycles. The number of allylic oxidation sites excluding steroid dienone is 1. The van der Waals surface area contributed by atoms with Crippen LogP contribution >= 0.6 is 23.1 Å². The molecule has 33 heavy (non-hydrogen) atoms. The number of ether oxygens (including phenoxy) is 1. The van der Waals surface area contributed by atoms with E-state index < -0.39 is 0 Å². The number of rotatable bonds is 10. The van der Waals surface area contributed by atoms with Crippen LogP contribution in [0.5, 0.6) is 5.75 Å². The number of nitrogens with one attached hydrogen (secondary N) is 1. The molecule has 0 saturated heterocycles. The molecule has 0 atom stereocenters. The Labute approximate surface area is 200 Å². The second kappa shape index (κ2) is 10.9. The first kappa shape index (κ1) is 22.8. The lowest BCUT2D eigenvalue weighted by atomic mass is 10.1. The Balaban J connectivity index is 1.38. The van der Waals surface area contributed by atoms with Crippen LogP contribution in [0.1, 0.15) is 11.4 Å². The molecule has 4 aromatic rings. The predicted octanol–water partition coefficient (Wildman–Crippen LogP) is 4.92. The molecule has 7 nitrogen and oxygen atoms in total. The molecule has 9 heteroatoms. The summed E-state index contributed by atoms with van der Waals surface area (Å²) in [5.74, 6) is 1.69. The lowest BCUT2D eigenvalue weighted by Gasteiger charge is -2.08. The lowest BCUT2D eigenvalue weighted by molar-refractivity contribution is -0.113. The SMILES string of the molecule is C=CCn1c(Cc2ccc(OC)cc2)nnc1SCC(=O)Nc1nc(-c2ccccc2)cs1. The summed E-state index contributed by atoms with van der Waals surface area (Å²) in [7, 11) is 1.64. The van der Waals surface area contributed by atoms with Crippen LogP contribution in [-0.4, -0.2) is 38.5 Å². The van der Waals surface area contributed by atoms with Crippen molar-refractivity contribution in [1.82, 2.24) is 19.7 Å². The predicted molar refractivity (Wildman–Crippen MR) is 133 cm³/mol. The number of benzene rings is 2. The van der Waals surface area contributed by atoms with Gasteiger partial charge in [0.1, 0.15) is 11.6 Å². The molecule has 0 unspecified atom stereocenters. The maximum absolute atomic E-state index is 12.5. The van der Waals surface area contributed by atoms with Crippen LogP contribution in [0, 0.1) is 0 Å². The van der Waals surface area contributed by atoms with E-state index in [1.54, 1.807) is 13.2 Å². The zero-order valence-electron chi connectivity index (χ0n) is 18.1. The highest BCUT2D eigenvalue weighted by atomic mass is 32.2. The summed E-state index contributed by atoms with van der Waals surface area (Å²) in [6.07, 6.45) is 2.42. The molecule has 1 N–H and O–H groups in total. The Bertz CT molecular complexity index is 1220. The van der Waals surface area contributed by atoms with Crippen molar-refractivity contribution in [2.75, 3.05) is 18.2 Å². The van der Waals surface area contributed by atoms with Gasteiger partial charge in [-0.15, -0.1) is 28.1 Å². The topological polar surface area (TPSA) is 81.9 Å². The number of aromatic nitrogens is 4. The van der Waals surface area contributed by atoms with Gasteiger partial charge in [-0.05, 0) is 17.7 Å². The van der Waals surface area contributed by atoms with Crippen LogP contribution in [0.2, 0.25) is 0 Å². The first-order chi connectivity index (χ1) is 16.2. The molecule has 0 radical (unpaired) electrons. The average Bonchev–Trinajstić information content (AvgIpc) is 3.46. The lowest BCUT2D eigenvalue weighted by Crippen LogP contribution is -2.14. The van der Waals surface area contributed by atoms with E-state index >= 15 is 0 Å². The van der Waals surface area contributed by atoms with E-state index in [2.05, 4.69) is 27.1 Å². The van der Waals surface area contributed by atoms with Gasteiger partial charge in [0.25, 0.3) is 0 Å². The Morgan fingerprint density at radius 3 is 2.70 bits per heavy atom. The smallest absolute Gasteiger partial charge is 0.236 e. The molecule has 0 aliphatic carbocycles. The number of carbonyl (C=O) groups is 1. The monoisotopic (exact) mass is 477 g/mol. The van der Waals surface area contributed by atoms with Crippen molar-refractivity contribution in [1.29, 1.82) is 0 Å².